The number of hydrogen-bond donors (Lipinski definition) is 4. The predicted molar refractivity (Wildman–Crippen MR) is 118 cm³/mol. The number of amides is 3. The smallest absolute Gasteiger partial charge is 0.315 e. The van der Waals surface area contributed by atoms with Gasteiger partial charge in [-0.05, 0) is 62.6 Å². The van der Waals surface area contributed by atoms with Gasteiger partial charge in [-0.1, -0.05) is 47.0 Å². The quantitative estimate of drug-likeness (QED) is 0.442. The molecule has 2 rings (SSSR count). The van der Waals surface area contributed by atoms with Gasteiger partial charge in [-0.2, -0.15) is 0 Å². The molecule has 8 heteroatoms. The maximum Gasteiger partial charge on any atom is 0.315 e. The molecular formula is C21H26Cl2N4O2. The van der Waals surface area contributed by atoms with Crippen molar-refractivity contribution in [3.8, 4) is 0 Å². The Morgan fingerprint density at radius 3 is 2.41 bits per heavy atom. The lowest BCUT2D eigenvalue weighted by molar-refractivity contribution is -0.118. The molecule has 5 N–H and O–H groups in total. The average Bonchev–Trinajstić information content (AvgIpc) is 2.70. The third-order valence-corrected chi connectivity index (χ3v) is 5.06. The number of nitrogens with two attached hydrogens (primary N) is 1. The van der Waals surface area contributed by atoms with E-state index in [0.717, 1.165) is 24.0 Å². The van der Waals surface area contributed by atoms with E-state index in [4.69, 9.17) is 28.9 Å². The predicted octanol–water partition coefficient (Wildman–Crippen LogP) is 4.24. The highest BCUT2D eigenvalue weighted by atomic mass is 35.5. The number of benzene rings is 2. The average molecular weight is 437 g/mol. The van der Waals surface area contributed by atoms with Gasteiger partial charge in [0.1, 0.15) is 6.04 Å². The molecule has 0 aromatic heterocycles. The Labute approximate surface area is 181 Å². The lowest BCUT2D eigenvalue weighted by Crippen LogP contribution is -2.47. The first-order valence-corrected chi connectivity index (χ1v) is 10.2. The molecule has 2 aromatic carbocycles. The minimum absolute atomic E-state index is 0.262. The van der Waals surface area contributed by atoms with Crippen molar-refractivity contribution in [3.63, 3.8) is 0 Å². The van der Waals surface area contributed by atoms with Crippen LogP contribution in [0.1, 0.15) is 30.4 Å². The Morgan fingerprint density at radius 2 is 1.76 bits per heavy atom. The molecule has 29 heavy (non-hydrogen) atoms. The first-order chi connectivity index (χ1) is 13.9. The Morgan fingerprint density at radius 1 is 1.03 bits per heavy atom. The molecule has 0 saturated carbocycles. The van der Waals surface area contributed by atoms with Gasteiger partial charge in [0.2, 0.25) is 5.91 Å². The fraction of sp³-hybridized carbons (Fsp3) is 0.333. The maximum absolute atomic E-state index is 12.7. The van der Waals surface area contributed by atoms with Gasteiger partial charge in [0.25, 0.3) is 0 Å². The van der Waals surface area contributed by atoms with E-state index in [-0.39, 0.29) is 12.5 Å². The number of nitrogens with one attached hydrogen (secondary N) is 3. The van der Waals surface area contributed by atoms with Crippen LogP contribution in [0.5, 0.6) is 0 Å². The van der Waals surface area contributed by atoms with Crippen LogP contribution in [0.25, 0.3) is 0 Å². The second-order valence-corrected chi connectivity index (χ2v) is 7.58. The Bertz CT molecular complexity index is 828. The molecule has 0 bridgehead atoms. The number of carbonyl (C=O) groups excluding carboxylic acids is 2. The second kappa shape index (κ2) is 11.7. The minimum atomic E-state index is -0.670. The van der Waals surface area contributed by atoms with Crippen molar-refractivity contribution in [2.75, 3.05) is 11.9 Å². The van der Waals surface area contributed by atoms with Gasteiger partial charge >= 0.3 is 6.03 Å². The van der Waals surface area contributed by atoms with Crippen molar-refractivity contribution in [1.82, 2.24) is 10.6 Å². The van der Waals surface area contributed by atoms with Gasteiger partial charge in [0.05, 0.1) is 10.0 Å². The van der Waals surface area contributed by atoms with Crippen LogP contribution in [0.15, 0.2) is 42.5 Å². The van der Waals surface area contributed by atoms with Gasteiger partial charge in [-0.15, -0.1) is 0 Å². The lowest BCUT2D eigenvalue weighted by Gasteiger charge is -2.19. The molecule has 3 amide bonds. The van der Waals surface area contributed by atoms with E-state index in [1.54, 1.807) is 18.2 Å². The minimum Gasteiger partial charge on any atom is -0.334 e. The molecule has 156 valence electrons. The summed E-state index contributed by atoms with van der Waals surface area (Å²) in [4.78, 5) is 25.0. The molecular weight excluding hydrogens is 411 g/mol. The van der Waals surface area contributed by atoms with Crippen molar-refractivity contribution >= 4 is 40.8 Å². The Kier molecular flexibility index (Phi) is 9.25. The van der Waals surface area contributed by atoms with Crippen LogP contribution in [-0.2, 0) is 11.3 Å². The number of rotatable bonds is 9. The third kappa shape index (κ3) is 7.93. The third-order valence-electron chi connectivity index (χ3n) is 4.32. The summed E-state index contributed by atoms with van der Waals surface area (Å²) in [5.74, 6) is -0.268. The first kappa shape index (κ1) is 23.0. The van der Waals surface area contributed by atoms with Crippen LogP contribution in [0.2, 0.25) is 10.0 Å². The summed E-state index contributed by atoms with van der Waals surface area (Å²) in [6.45, 7) is 2.77. The molecule has 0 aliphatic rings. The molecule has 0 unspecified atom stereocenters. The van der Waals surface area contributed by atoms with Crippen LogP contribution in [0, 0.1) is 6.92 Å². The number of halogens is 2. The molecule has 0 spiro atoms. The van der Waals surface area contributed by atoms with Crippen LogP contribution >= 0.6 is 23.2 Å². The summed E-state index contributed by atoms with van der Waals surface area (Å²) >= 11 is 11.9. The van der Waals surface area contributed by atoms with E-state index in [1.165, 1.54) is 0 Å². The summed E-state index contributed by atoms with van der Waals surface area (Å²) in [5, 5.41) is 9.19. The molecule has 0 saturated heterocycles. The van der Waals surface area contributed by atoms with Crippen molar-refractivity contribution in [1.29, 1.82) is 0 Å². The SMILES string of the molecule is Cc1ccc(NC(=O)[C@@H](CCCCN)NC(=O)NCc2ccc(Cl)c(Cl)c2)cc1. The molecule has 0 aliphatic heterocycles. The first-order valence-electron chi connectivity index (χ1n) is 9.45. The highest BCUT2D eigenvalue weighted by Crippen LogP contribution is 2.22. The zero-order valence-corrected chi connectivity index (χ0v) is 17.8. The molecule has 0 radical (unpaired) electrons. The number of urea groups is 1. The zero-order chi connectivity index (χ0) is 21.2. The molecule has 0 fully saturated rings. The van der Waals surface area contributed by atoms with Crippen molar-refractivity contribution < 1.29 is 9.59 Å². The molecule has 6 nitrogen and oxygen atoms in total. The maximum atomic E-state index is 12.7. The van der Waals surface area contributed by atoms with Crippen LogP contribution in [-0.4, -0.2) is 24.5 Å². The standard InChI is InChI=1S/C21H26Cl2N4O2/c1-14-5-8-16(9-6-14)26-20(28)19(4-2-3-11-24)27-21(29)25-13-15-7-10-17(22)18(23)12-15/h5-10,12,19H,2-4,11,13,24H2,1H3,(H,26,28)(H2,25,27,29)/t19-/m1/s1. The van der Waals surface area contributed by atoms with Gasteiger partial charge in [0.15, 0.2) is 0 Å². The van der Waals surface area contributed by atoms with E-state index >= 15 is 0 Å². The molecule has 0 aliphatic carbocycles. The van der Waals surface area contributed by atoms with Crippen LogP contribution in [0.3, 0.4) is 0 Å². The Hall–Kier alpha value is -2.28. The highest BCUT2D eigenvalue weighted by molar-refractivity contribution is 6.42. The van der Waals surface area contributed by atoms with E-state index in [1.807, 2.05) is 31.2 Å². The topological polar surface area (TPSA) is 96.2 Å². The molecule has 0 heterocycles. The summed E-state index contributed by atoms with van der Waals surface area (Å²) in [7, 11) is 0. The number of carbonyl (C=O) groups is 2. The van der Waals surface area contributed by atoms with Gasteiger partial charge in [-0.3, -0.25) is 4.79 Å². The summed E-state index contributed by atoms with van der Waals surface area (Å²) in [6, 6.07) is 11.5. The van der Waals surface area contributed by atoms with Crippen LogP contribution in [0.4, 0.5) is 10.5 Å². The van der Waals surface area contributed by atoms with E-state index < -0.39 is 12.1 Å². The summed E-state index contributed by atoms with van der Waals surface area (Å²) in [5.41, 5.74) is 8.13. The van der Waals surface area contributed by atoms with Gasteiger partial charge in [0, 0.05) is 12.2 Å². The number of anilines is 1. The highest BCUT2D eigenvalue weighted by Gasteiger charge is 2.20. The normalized spacial score (nSPS) is 11.6. The lowest BCUT2D eigenvalue weighted by atomic mass is 10.1. The fourth-order valence-electron chi connectivity index (χ4n) is 2.67. The van der Waals surface area contributed by atoms with E-state index in [2.05, 4.69) is 16.0 Å². The van der Waals surface area contributed by atoms with Crippen LogP contribution < -0.4 is 21.7 Å². The second-order valence-electron chi connectivity index (χ2n) is 6.77. The molecule has 2 aromatic rings. The number of unbranched alkanes of at least 4 members (excludes halogenated alkanes) is 1. The summed E-state index contributed by atoms with van der Waals surface area (Å²) in [6.07, 6.45) is 2.01. The largest absolute Gasteiger partial charge is 0.334 e. The van der Waals surface area contributed by atoms with Gasteiger partial charge < -0.3 is 21.7 Å². The monoisotopic (exact) mass is 436 g/mol. The van der Waals surface area contributed by atoms with Gasteiger partial charge in [-0.25, -0.2) is 4.79 Å². The Balaban J connectivity index is 1.94. The summed E-state index contributed by atoms with van der Waals surface area (Å²) < 4.78 is 0. The van der Waals surface area contributed by atoms with E-state index in [9.17, 15) is 9.59 Å². The fourth-order valence-corrected chi connectivity index (χ4v) is 2.99. The number of aryl methyl sites for hydroxylation is 1. The molecule has 1 atom stereocenters. The number of hydrogen-bond acceptors (Lipinski definition) is 3. The van der Waals surface area contributed by atoms with E-state index in [0.29, 0.717) is 28.7 Å². The zero-order valence-electron chi connectivity index (χ0n) is 16.3. The van der Waals surface area contributed by atoms with Crippen molar-refractivity contribution in [2.24, 2.45) is 5.73 Å². The van der Waals surface area contributed by atoms with Crippen molar-refractivity contribution in [2.45, 2.75) is 38.8 Å². The van der Waals surface area contributed by atoms with Crippen molar-refractivity contribution in [3.05, 3.63) is 63.6 Å².